The molecule has 1 aromatic heterocycles. The van der Waals surface area contributed by atoms with Crippen LogP contribution >= 0.6 is 0 Å². The van der Waals surface area contributed by atoms with Gasteiger partial charge in [0, 0.05) is 18.2 Å². The smallest absolute Gasteiger partial charge is 0.263 e. The van der Waals surface area contributed by atoms with E-state index < -0.39 is 0 Å². The predicted octanol–water partition coefficient (Wildman–Crippen LogP) is 3.91. The van der Waals surface area contributed by atoms with Crippen LogP contribution in [-0.4, -0.2) is 17.0 Å². The molecule has 144 valence electrons. The van der Waals surface area contributed by atoms with Gasteiger partial charge in [0.15, 0.2) is 0 Å². The molecule has 0 aliphatic rings. The first-order chi connectivity index (χ1) is 13.4. The largest absolute Gasteiger partial charge is 0.351 e. The molecule has 3 aromatic rings. The van der Waals surface area contributed by atoms with Gasteiger partial charge in [-0.05, 0) is 30.2 Å². The van der Waals surface area contributed by atoms with Crippen LogP contribution < -0.4 is 10.9 Å². The summed E-state index contributed by atoms with van der Waals surface area (Å²) in [5.74, 6) is -0.340. The Morgan fingerprint density at radius 3 is 2.46 bits per heavy atom. The highest BCUT2D eigenvalue weighted by Gasteiger charge is 2.22. The van der Waals surface area contributed by atoms with E-state index in [9.17, 15) is 9.59 Å². The SMILES string of the molecule is Cc1cccc(C(C)(C)CNC(=O)c2cccn(Cc3ccccc3)c2=O)c1. The number of amides is 1. The van der Waals surface area contributed by atoms with Crippen molar-refractivity contribution in [3.05, 3.63) is 106 Å². The Morgan fingerprint density at radius 1 is 1.00 bits per heavy atom. The Morgan fingerprint density at radius 2 is 1.75 bits per heavy atom. The van der Waals surface area contributed by atoms with E-state index in [2.05, 4.69) is 44.3 Å². The molecule has 1 heterocycles. The summed E-state index contributed by atoms with van der Waals surface area (Å²) in [5.41, 5.74) is 3.00. The van der Waals surface area contributed by atoms with E-state index in [-0.39, 0.29) is 22.4 Å². The van der Waals surface area contributed by atoms with Gasteiger partial charge < -0.3 is 9.88 Å². The number of hydrogen-bond donors (Lipinski definition) is 1. The highest BCUT2D eigenvalue weighted by atomic mass is 16.2. The van der Waals surface area contributed by atoms with Crippen molar-refractivity contribution in [1.82, 2.24) is 9.88 Å². The summed E-state index contributed by atoms with van der Waals surface area (Å²) in [7, 11) is 0. The molecule has 4 nitrogen and oxygen atoms in total. The van der Waals surface area contributed by atoms with Crippen LogP contribution in [-0.2, 0) is 12.0 Å². The van der Waals surface area contributed by atoms with Gasteiger partial charge in [-0.2, -0.15) is 0 Å². The van der Waals surface area contributed by atoms with E-state index in [1.807, 2.05) is 36.4 Å². The van der Waals surface area contributed by atoms with Crippen molar-refractivity contribution in [2.45, 2.75) is 32.7 Å². The van der Waals surface area contributed by atoms with E-state index >= 15 is 0 Å². The van der Waals surface area contributed by atoms with E-state index in [4.69, 9.17) is 0 Å². The lowest BCUT2D eigenvalue weighted by atomic mass is 9.84. The van der Waals surface area contributed by atoms with Gasteiger partial charge in [0.1, 0.15) is 5.56 Å². The van der Waals surface area contributed by atoms with Crippen molar-refractivity contribution in [3.8, 4) is 0 Å². The van der Waals surface area contributed by atoms with Crippen LogP contribution in [0.1, 0.15) is 40.9 Å². The minimum absolute atomic E-state index is 0.165. The highest BCUT2D eigenvalue weighted by molar-refractivity contribution is 5.93. The zero-order chi connectivity index (χ0) is 20.1. The number of aromatic nitrogens is 1. The normalized spacial score (nSPS) is 11.2. The quantitative estimate of drug-likeness (QED) is 0.711. The van der Waals surface area contributed by atoms with Gasteiger partial charge in [0.05, 0.1) is 6.54 Å². The molecule has 0 fully saturated rings. The molecule has 2 aromatic carbocycles. The molecule has 1 N–H and O–H groups in total. The number of aryl methyl sites for hydroxylation is 1. The molecule has 28 heavy (non-hydrogen) atoms. The number of rotatable bonds is 6. The number of nitrogens with one attached hydrogen (secondary N) is 1. The third-order valence-electron chi connectivity index (χ3n) is 4.95. The molecule has 0 aliphatic carbocycles. The van der Waals surface area contributed by atoms with Crippen molar-refractivity contribution in [1.29, 1.82) is 0 Å². The molecule has 0 bridgehead atoms. The highest BCUT2D eigenvalue weighted by Crippen LogP contribution is 2.23. The Hall–Kier alpha value is -3.14. The minimum Gasteiger partial charge on any atom is -0.351 e. The number of hydrogen-bond acceptors (Lipinski definition) is 2. The minimum atomic E-state index is -0.340. The number of benzene rings is 2. The van der Waals surface area contributed by atoms with Gasteiger partial charge in [0.25, 0.3) is 11.5 Å². The molecule has 0 atom stereocenters. The van der Waals surface area contributed by atoms with E-state index in [1.54, 1.807) is 22.9 Å². The maximum Gasteiger partial charge on any atom is 0.263 e. The summed E-state index contributed by atoms with van der Waals surface area (Å²) in [4.78, 5) is 25.4. The summed E-state index contributed by atoms with van der Waals surface area (Å²) < 4.78 is 1.57. The first-order valence-electron chi connectivity index (χ1n) is 9.45. The second-order valence-electron chi connectivity index (χ2n) is 7.78. The van der Waals surface area contributed by atoms with Gasteiger partial charge in [0.2, 0.25) is 0 Å². The lowest BCUT2D eigenvalue weighted by Crippen LogP contribution is -2.39. The second-order valence-corrected chi connectivity index (χ2v) is 7.78. The van der Waals surface area contributed by atoms with Crippen LogP contribution in [0.15, 0.2) is 77.7 Å². The molecular formula is C24H26N2O2. The lowest BCUT2D eigenvalue weighted by Gasteiger charge is -2.26. The summed E-state index contributed by atoms with van der Waals surface area (Å²) in [5, 5.41) is 2.94. The van der Waals surface area contributed by atoms with E-state index in [0.29, 0.717) is 13.1 Å². The average Bonchev–Trinajstić information content (AvgIpc) is 2.69. The van der Waals surface area contributed by atoms with Gasteiger partial charge in [-0.25, -0.2) is 0 Å². The Kier molecular flexibility index (Phi) is 5.78. The molecule has 3 rings (SSSR count). The number of carbonyl (C=O) groups excluding carboxylic acids is 1. The fraction of sp³-hybridized carbons (Fsp3) is 0.250. The fourth-order valence-electron chi connectivity index (χ4n) is 3.18. The van der Waals surface area contributed by atoms with Crippen LogP contribution in [0.4, 0.5) is 0 Å². The Labute approximate surface area is 165 Å². The van der Waals surface area contributed by atoms with Crippen molar-refractivity contribution in [2.24, 2.45) is 0 Å². The monoisotopic (exact) mass is 374 g/mol. The predicted molar refractivity (Wildman–Crippen MR) is 113 cm³/mol. The summed E-state index contributed by atoms with van der Waals surface area (Å²) in [6.07, 6.45) is 1.71. The first-order valence-corrected chi connectivity index (χ1v) is 9.45. The molecule has 0 aliphatic heterocycles. The third-order valence-corrected chi connectivity index (χ3v) is 4.95. The maximum atomic E-state index is 12.8. The molecule has 0 unspecified atom stereocenters. The van der Waals surface area contributed by atoms with Gasteiger partial charge in [-0.1, -0.05) is 74.0 Å². The first kappa shape index (κ1) is 19.6. The van der Waals surface area contributed by atoms with Crippen LogP contribution in [0.25, 0.3) is 0 Å². The molecule has 0 spiro atoms. The standard InChI is InChI=1S/C24H26N2O2/c1-18-9-7-12-20(15-18)24(2,3)17-25-22(27)21-13-8-14-26(23(21)28)16-19-10-5-4-6-11-19/h4-15H,16-17H2,1-3H3,(H,25,27). The van der Waals surface area contributed by atoms with Gasteiger partial charge in [-0.15, -0.1) is 0 Å². The van der Waals surface area contributed by atoms with E-state index in [0.717, 1.165) is 11.1 Å². The zero-order valence-electron chi connectivity index (χ0n) is 16.6. The lowest BCUT2D eigenvalue weighted by molar-refractivity contribution is 0.0943. The fourth-order valence-corrected chi connectivity index (χ4v) is 3.18. The molecule has 0 saturated carbocycles. The van der Waals surface area contributed by atoms with Gasteiger partial charge in [-0.3, -0.25) is 9.59 Å². The Bertz CT molecular complexity index is 1020. The van der Waals surface area contributed by atoms with Gasteiger partial charge >= 0.3 is 0 Å². The maximum absolute atomic E-state index is 12.8. The van der Waals surface area contributed by atoms with Crippen molar-refractivity contribution >= 4 is 5.91 Å². The molecule has 1 amide bonds. The van der Waals surface area contributed by atoms with Crippen LogP contribution in [0.2, 0.25) is 0 Å². The number of carbonyl (C=O) groups is 1. The Balaban J connectivity index is 1.74. The molecule has 4 heteroatoms. The average molecular weight is 374 g/mol. The third kappa shape index (κ3) is 4.58. The van der Waals surface area contributed by atoms with Crippen LogP contribution in [0, 0.1) is 6.92 Å². The second kappa shape index (κ2) is 8.26. The molecular weight excluding hydrogens is 348 g/mol. The summed E-state index contributed by atoms with van der Waals surface area (Å²) in [6, 6.07) is 21.3. The van der Waals surface area contributed by atoms with Crippen molar-refractivity contribution in [2.75, 3.05) is 6.54 Å². The van der Waals surface area contributed by atoms with Crippen LogP contribution in [0.5, 0.6) is 0 Å². The van der Waals surface area contributed by atoms with Crippen molar-refractivity contribution < 1.29 is 4.79 Å². The number of nitrogens with zero attached hydrogens (tertiary/aromatic N) is 1. The van der Waals surface area contributed by atoms with Crippen molar-refractivity contribution in [3.63, 3.8) is 0 Å². The zero-order valence-corrected chi connectivity index (χ0v) is 16.6. The topological polar surface area (TPSA) is 51.1 Å². The number of pyridine rings is 1. The van der Waals surface area contributed by atoms with E-state index in [1.165, 1.54) is 5.56 Å². The summed E-state index contributed by atoms with van der Waals surface area (Å²) >= 11 is 0. The molecule has 0 saturated heterocycles. The van der Waals surface area contributed by atoms with Crippen LogP contribution in [0.3, 0.4) is 0 Å². The molecule has 0 radical (unpaired) electrons. The summed E-state index contributed by atoms with van der Waals surface area (Å²) in [6.45, 7) is 7.11.